The van der Waals surface area contributed by atoms with E-state index in [0.717, 1.165) is 45.1 Å². The van der Waals surface area contributed by atoms with Gasteiger partial charge in [0.1, 0.15) is 11.5 Å². The second-order valence-electron chi connectivity index (χ2n) is 7.92. The van der Waals surface area contributed by atoms with Crippen molar-refractivity contribution in [3.63, 3.8) is 0 Å². The molecule has 0 aliphatic heterocycles. The van der Waals surface area contributed by atoms with Crippen LogP contribution >= 0.6 is 0 Å². The molecule has 4 aromatic rings. The Balaban J connectivity index is 1.37. The third kappa shape index (κ3) is 5.78. The summed E-state index contributed by atoms with van der Waals surface area (Å²) in [7, 11) is 3.33. The highest BCUT2D eigenvalue weighted by Gasteiger charge is 2.05. The van der Waals surface area contributed by atoms with E-state index in [9.17, 15) is 0 Å². The molecule has 0 spiro atoms. The maximum Gasteiger partial charge on any atom is 0.118 e. The Morgan fingerprint density at radius 1 is 0.676 bits per heavy atom. The second-order valence-corrected chi connectivity index (χ2v) is 7.92. The van der Waals surface area contributed by atoms with Gasteiger partial charge >= 0.3 is 0 Å². The maximum atomic E-state index is 5.21. The molecule has 0 saturated heterocycles. The number of ether oxygens (including phenoxy) is 2. The minimum atomic E-state index is 0.675. The number of hydrogen-bond acceptors (Lipinski definition) is 6. The van der Waals surface area contributed by atoms with Crippen LogP contribution in [0.3, 0.4) is 0 Å². The van der Waals surface area contributed by atoms with E-state index in [1.165, 1.54) is 0 Å². The summed E-state index contributed by atoms with van der Waals surface area (Å²) in [5.41, 5.74) is 5.95. The zero-order valence-corrected chi connectivity index (χ0v) is 19.8. The van der Waals surface area contributed by atoms with Crippen molar-refractivity contribution in [1.29, 1.82) is 0 Å². The van der Waals surface area contributed by atoms with E-state index in [4.69, 9.17) is 9.47 Å². The van der Waals surface area contributed by atoms with Crippen molar-refractivity contribution in [1.82, 2.24) is 19.6 Å². The molecule has 2 aromatic carbocycles. The summed E-state index contributed by atoms with van der Waals surface area (Å²) in [6, 6.07) is 15.9. The number of aromatic nitrogens is 4. The minimum absolute atomic E-state index is 0.675. The predicted octanol–water partition coefficient (Wildman–Crippen LogP) is 4.26. The highest BCUT2D eigenvalue weighted by atomic mass is 16.5. The van der Waals surface area contributed by atoms with E-state index in [1.54, 1.807) is 26.6 Å². The van der Waals surface area contributed by atoms with Gasteiger partial charge in [0.2, 0.25) is 0 Å². The Hall–Kier alpha value is -4.20. The summed E-state index contributed by atoms with van der Waals surface area (Å²) in [6.45, 7) is 5.27. The van der Waals surface area contributed by atoms with Gasteiger partial charge in [-0.3, -0.25) is 9.36 Å². The lowest BCUT2D eigenvalue weighted by Crippen LogP contribution is -2.00. The summed E-state index contributed by atoms with van der Waals surface area (Å²) >= 11 is 0. The van der Waals surface area contributed by atoms with Gasteiger partial charge in [0.15, 0.2) is 0 Å². The molecular weight excluding hydrogens is 428 g/mol. The molecule has 4 rings (SSSR count). The van der Waals surface area contributed by atoms with Crippen molar-refractivity contribution in [2.24, 2.45) is 10.2 Å². The third-order valence-electron chi connectivity index (χ3n) is 5.44. The molecule has 0 atom stereocenters. The Morgan fingerprint density at radius 3 is 1.41 bits per heavy atom. The smallest absolute Gasteiger partial charge is 0.118 e. The zero-order valence-electron chi connectivity index (χ0n) is 19.8. The molecule has 0 radical (unpaired) electrons. The fourth-order valence-corrected chi connectivity index (χ4v) is 3.51. The van der Waals surface area contributed by atoms with Crippen LogP contribution in [0.2, 0.25) is 0 Å². The Morgan fingerprint density at radius 2 is 1.06 bits per heavy atom. The molecule has 34 heavy (non-hydrogen) atoms. The lowest BCUT2D eigenvalue weighted by Gasteiger charge is -2.03. The highest BCUT2D eigenvalue weighted by Crippen LogP contribution is 2.14. The molecule has 0 unspecified atom stereocenters. The number of nitrogens with zero attached hydrogens (tertiary/aromatic N) is 6. The number of rotatable bonds is 9. The summed E-state index contributed by atoms with van der Waals surface area (Å²) in [5.74, 6) is 1.68. The van der Waals surface area contributed by atoms with Crippen LogP contribution in [0.5, 0.6) is 11.5 Å². The topological polar surface area (TPSA) is 78.8 Å². The fraction of sp³-hybridized carbons (Fsp3) is 0.231. The summed E-state index contributed by atoms with van der Waals surface area (Å²) in [5, 5.41) is 17.6. The number of methoxy groups -OCH3 is 2. The average Bonchev–Trinajstić information content (AvgIpc) is 3.38. The molecule has 0 aliphatic carbocycles. The van der Waals surface area contributed by atoms with Crippen LogP contribution in [0, 0.1) is 13.8 Å². The lowest BCUT2D eigenvalue weighted by atomic mass is 10.2. The van der Waals surface area contributed by atoms with Crippen LogP contribution in [0.25, 0.3) is 0 Å². The van der Waals surface area contributed by atoms with Crippen molar-refractivity contribution >= 4 is 12.4 Å². The normalized spacial score (nSPS) is 11.5. The van der Waals surface area contributed by atoms with E-state index in [2.05, 4.69) is 20.4 Å². The second kappa shape index (κ2) is 10.6. The first kappa shape index (κ1) is 23.0. The molecule has 0 saturated carbocycles. The van der Waals surface area contributed by atoms with Gasteiger partial charge in [0.05, 0.1) is 51.1 Å². The zero-order chi connectivity index (χ0) is 23.9. The minimum Gasteiger partial charge on any atom is -0.497 e. The van der Waals surface area contributed by atoms with Crippen LogP contribution in [0.1, 0.15) is 33.6 Å². The SMILES string of the molecule is COc1ccc(Cn2cc(/C=N/N=C/c3cn(Cc4ccc(OC)cc4)nc3C)c(C)n2)cc1. The third-order valence-corrected chi connectivity index (χ3v) is 5.44. The van der Waals surface area contributed by atoms with Crippen LogP contribution in [-0.4, -0.2) is 46.2 Å². The highest BCUT2D eigenvalue weighted by molar-refractivity contribution is 5.83. The van der Waals surface area contributed by atoms with E-state index >= 15 is 0 Å². The van der Waals surface area contributed by atoms with Crippen LogP contribution in [-0.2, 0) is 13.1 Å². The first-order valence-electron chi connectivity index (χ1n) is 10.9. The molecule has 0 aliphatic rings. The lowest BCUT2D eigenvalue weighted by molar-refractivity contribution is 0.414. The van der Waals surface area contributed by atoms with Gasteiger partial charge in [-0.15, -0.1) is 0 Å². The van der Waals surface area contributed by atoms with Crippen molar-refractivity contribution in [3.05, 3.63) is 94.6 Å². The first-order chi connectivity index (χ1) is 16.5. The first-order valence-corrected chi connectivity index (χ1v) is 10.9. The molecule has 0 fully saturated rings. The van der Waals surface area contributed by atoms with Gasteiger partial charge in [-0.25, -0.2) is 0 Å². The van der Waals surface area contributed by atoms with Gasteiger partial charge in [0.25, 0.3) is 0 Å². The predicted molar refractivity (Wildman–Crippen MR) is 133 cm³/mol. The van der Waals surface area contributed by atoms with Crippen molar-refractivity contribution in [3.8, 4) is 11.5 Å². The maximum absolute atomic E-state index is 5.21. The van der Waals surface area contributed by atoms with Gasteiger partial charge in [-0.05, 0) is 49.2 Å². The molecule has 174 valence electrons. The van der Waals surface area contributed by atoms with Gasteiger partial charge in [-0.1, -0.05) is 24.3 Å². The van der Waals surface area contributed by atoms with E-state index in [1.807, 2.05) is 84.1 Å². The fourth-order valence-electron chi connectivity index (χ4n) is 3.51. The van der Waals surface area contributed by atoms with Gasteiger partial charge in [-0.2, -0.15) is 20.4 Å². The Bertz CT molecular complexity index is 1180. The van der Waals surface area contributed by atoms with Crippen molar-refractivity contribution in [2.75, 3.05) is 14.2 Å². The summed E-state index contributed by atoms with van der Waals surface area (Å²) in [6.07, 6.45) is 7.38. The molecule has 0 amide bonds. The van der Waals surface area contributed by atoms with E-state index < -0.39 is 0 Å². The quantitative estimate of drug-likeness (QED) is 0.278. The summed E-state index contributed by atoms with van der Waals surface area (Å²) < 4.78 is 14.2. The standard InChI is InChI=1S/C26H28N6O2/c1-19-23(17-31(29-19)15-21-5-9-25(33-3)10-6-21)13-27-28-14-24-18-32(30-20(24)2)16-22-7-11-26(34-4)12-8-22/h5-14,17-18H,15-16H2,1-4H3/b27-13+,28-14+. The largest absolute Gasteiger partial charge is 0.497 e. The monoisotopic (exact) mass is 456 g/mol. The molecule has 2 heterocycles. The summed E-state index contributed by atoms with van der Waals surface area (Å²) in [4.78, 5) is 0. The number of hydrogen-bond donors (Lipinski definition) is 0. The van der Waals surface area contributed by atoms with Gasteiger partial charge < -0.3 is 9.47 Å². The molecule has 2 aromatic heterocycles. The van der Waals surface area contributed by atoms with Crippen LogP contribution < -0.4 is 9.47 Å². The molecular formula is C26H28N6O2. The van der Waals surface area contributed by atoms with Crippen LogP contribution in [0.15, 0.2) is 71.1 Å². The van der Waals surface area contributed by atoms with Crippen LogP contribution in [0.4, 0.5) is 0 Å². The Labute approximate surface area is 199 Å². The molecule has 8 nitrogen and oxygen atoms in total. The molecule has 0 N–H and O–H groups in total. The number of aryl methyl sites for hydroxylation is 2. The molecule has 8 heteroatoms. The van der Waals surface area contributed by atoms with Crippen molar-refractivity contribution in [2.45, 2.75) is 26.9 Å². The van der Waals surface area contributed by atoms with Crippen molar-refractivity contribution < 1.29 is 9.47 Å². The number of benzene rings is 2. The Kier molecular flexibility index (Phi) is 7.17. The van der Waals surface area contributed by atoms with E-state index in [0.29, 0.717) is 13.1 Å². The van der Waals surface area contributed by atoms with E-state index in [-0.39, 0.29) is 0 Å². The average molecular weight is 457 g/mol. The van der Waals surface area contributed by atoms with Gasteiger partial charge in [0, 0.05) is 23.5 Å². The molecule has 0 bridgehead atoms.